The molecule has 0 aromatic carbocycles. The average Bonchev–Trinajstić information content (AvgIpc) is 2.26. The highest BCUT2D eigenvalue weighted by atomic mass is 32.2. The van der Waals surface area contributed by atoms with Gasteiger partial charge in [0.1, 0.15) is 0 Å². The molecule has 0 aromatic heterocycles. The smallest absolute Gasteiger partial charge is 0.306 e. The number of aliphatic carboxylic acids is 1. The Labute approximate surface area is 82.7 Å². The van der Waals surface area contributed by atoms with E-state index in [9.17, 15) is 18.3 Å². The van der Waals surface area contributed by atoms with Crippen molar-refractivity contribution in [2.75, 3.05) is 11.5 Å². The van der Waals surface area contributed by atoms with Crippen LogP contribution < -0.4 is 0 Å². The van der Waals surface area contributed by atoms with Gasteiger partial charge in [0, 0.05) is 5.92 Å². The van der Waals surface area contributed by atoms with Crippen molar-refractivity contribution < 1.29 is 23.4 Å². The first-order valence-corrected chi connectivity index (χ1v) is 6.31. The van der Waals surface area contributed by atoms with Gasteiger partial charge in [0.05, 0.1) is 23.5 Å². The van der Waals surface area contributed by atoms with Crippen molar-refractivity contribution in [1.82, 2.24) is 0 Å². The maximum Gasteiger partial charge on any atom is 0.306 e. The molecule has 0 aliphatic carbocycles. The molecule has 6 heteroatoms. The number of hydrogen-bond donors (Lipinski definition) is 2. The second-order valence-electron chi connectivity index (χ2n) is 3.66. The molecule has 1 fully saturated rings. The number of carbonyl (C=O) groups is 1. The summed E-state index contributed by atoms with van der Waals surface area (Å²) in [6, 6.07) is 0. The van der Waals surface area contributed by atoms with E-state index in [2.05, 4.69) is 0 Å². The van der Waals surface area contributed by atoms with Crippen LogP contribution in [-0.4, -0.2) is 42.2 Å². The second kappa shape index (κ2) is 3.86. The first-order chi connectivity index (χ1) is 6.37. The van der Waals surface area contributed by atoms with Gasteiger partial charge in [-0.15, -0.1) is 0 Å². The first kappa shape index (κ1) is 11.5. The lowest BCUT2D eigenvalue weighted by atomic mass is 9.88. The van der Waals surface area contributed by atoms with Crippen LogP contribution >= 0.6 is 0 Å². The van der Waals surface area contributed by atoms with Crippen LogP contribution in [0.1, 0.15) is 13.3 Å². The fourth-order valence-corrected chi connectivity index (χ4v) is 3.85. The normalized spacial score (nSPS) is 32.7. The highest BCUT2D eigenvalue weighted by Gasteiger charge is 2.42. The Morgan fingerprint density at radius 2 is 2.07 bits per heavy atom. The number of hydrogen-bond acceptors (Lipinski definition) is 4. The molecule has 5 nitrogen and oxygen atoms in total. The van der Waals surface area contributed by atoms with E-state index in [1.54, 1.807) is 6.92 Å². The zero-order chi connectivity index (χ0) is 10.9. The fourth-order valence-electron chi connectivity index (χ4n) is 1.90. The molecule has 82 valence electrons. The van der Waals surface area contributed by atoms with Crippen molar-refractivity contribution in [3.8, 4) is 0 Å². The lowest BCUT2D eigenvalue weighted by molar-refractivity contribution is -0.144. The third kappa shape index (κ3) is 2.24. The molecule has 14 heavy (non-hydrogen) atoms. The van der Waals surface area contributed by atoms with E-state index in [-0.39, 0.29) is 11.5 Å². The summed E-state index contributed by atoms with van der Waals surface area (Å²) in [5, 5.41) is 18.2. The topological polar surface area (TPSA) is 91.7 Å². The summed E-state index contributed by atoms with van der Waals surface area (Å²) in [5.41, 5.74) is 0. The van der Waals surface area contributed by atoms with Crippen LogP contribution in [0.15, 0.2) is 0 Å². The van der Waals surface area contributed by atoms with Crippen LogP contribution in [0, 0.1) is 11.8 Å². The van der Waals surface area contributed by atoms with Crippen LogP contribution in [-0.2, 0) is 14.6 Å². The Balaban J connectivity index is 2.83. The van der Waals surface area contributed by atoms with E-state index in [4.69, 9.17) is 5.11 Å². The highest BCUT2D eigenvalue weighted by Crippen LogP contribution is 2.28. The Kier molecular flexibility index (Phi) is 3.16. The van der Waals surface area contributed by atoms with Gasteiger partial charge < -0.3 is 10.2 Å². The van der Waals surface area contributed by atoms with Crippen molar-refractivity contribution in [1.29, 1.82) is 0 Å². The number of carboxylic acids is 1. The number of carboxylic acid groups (broad SMARTS) is 1. The maximum atomic E-state index is 11.1. The molecule has 0 saturated carbocycles. The summed E-state index contributed by atoms with van der Waals surface area (Å²) in [6.45, 7) is 1.68. The number of rotatable bonds is 3. The van der Waals surface area contributed by atoms with E-state index in [0.29, 0.717) is 6.42 Å². The van der Waals surface area contributed by atoms with Crippen LogP contribution in [0.3, 0.4) is 0 Å². The molecule has 0 amide bonds. The molecule has 0 aromatic rings. The third-order valence-electron chi connectivity index (χ3n) is 2.64. The SMILES string of the molecule is CCC(C(=O)O)C1CS(=O)(=O)CC1O. The molecule has 0 radical (unpaired) electrons. The largest absolute Gasteiger partial charge is 0.481 e. The minimum absolute atomic E-state index is 0.209. The lowest BCUT2D eigenvalue weighted by Gasteiger charge is -2.19. The number of sulfone groups is 1. The molecule has 1 rings (SSSR count). The average molecular weight is 222 g/mol. The van der Waals surface area contributed by atoms with Gasteiger partial charge >= 0.3 is 5.97 Å². The molecule has 1 aliphatic rings. The standard InChI is InChI=1S/C8H14O5S/c1-2-5(8(10)11)6-3-14(12,13)4-7(6)9/h5-7,9H,2-4H2,1H3,(H,10,11). The second-order valence-corrected chi connectivity index (χ2v) is 5.81. The Morgan fingerprint density at radius 1 is 1.50 bits per heavy atom. The molecule has 3 unspecified atom stereocenters. The quantitative estimate of drug-likeness (QED) is 0.672. The molecular weight excluding hydrogens is 208 g/mol. The zero-order valence-electron chi connectivity index (χ0n) is 7.88. The number of aliphatic hydroxyl groups is 1. The first-order valence-electron chi connectivity index (χ1n) is 4.48. The van der Waals surface area contributed by atoms with Crippen LogP contribution in [0.5, 0.6) is 0 Å². The summed E-state index contributed by atoms with van der Waals surface area (Å²) in [7, 11) is -3.25. The molecular formula is C8H14O5S. The van der Waals surface area contributed by atoms with Crippen molar-refractivity contribution in [3.63, 3.8) is 0 Å². The highest BCUT2D eigenvalue weighted by molar-refractivity contribution is 7.91. The van der Waals surface area contributed by atoms with Crippen molar-refractivity contribution in [2.45, 2.75) is 19.4 Å². The summed E-state index contributed by atoms with van der Waals surface area (Å²) < 4.78 is 22.3. The van der Waals surface area contributed by atoms with Gasteiger partial charge in [0.25, 0.3) is 0 Å². The van der Waals surface area contributed by atoms with Gasteiger partial charge in [-0.3, -0.25) is 4.79 Å². The minimum Gasteiger partial charge on any atom is -0.481 e. The Bertz CT molecular complexity index is 321. The van der Waals surface area contributed by atoms with Gasteiger partial charge in [-0.05, 0) is 6.42 Å². The Morgan fingerprint density at radius 3 is 2.36 bits per heavy atom. The monoisotopic (exact) mass is 222 g/mol. The molecule has 1 saturated heterocycles. The summed E-state index contributed by atoms with van der Waals surface area (Å²) in [6.07, 6.45) is -0.687. The summed E-state index contributed by atoms with van der Waals surface area (Å²) in [5.74, 6) is -2.96. The van der Waals surface area contributed by atoms with E-state index in [0.717, 1.165) is 0 Å². The predicted molar refractivity (Wildman–Crippen MR) is 49.6 cm³/mol. The number of aliphatic hydroxyl groups excluding tert-OH is 1. The Hall–Kier alpha value is -0.620. The van der Waals surface area contributed by atoms with Gasteiger partial charge in [-0.2, -0.15) is 0 Å². The van der Waals surface area contributed by atoms with E-state index >= 15 is 0 Å². The molecule has 0 spiro atoms. The molecule has 3 atom stereocenters. The van der Waals surface area contributed by atoms with Crippen molar-refractivity contribution in [3.05, 3.63) is 0 Å². The van der Waals surface area contributed by atoms with Gasteiger partial charge in [-0.25, -0.2) is 8.42 Å². The lowest BCUT2D eigenvalue weighted by Crippen LogP contribution is -2.31. The third-order valence-corrected chi connectivity index (χ3v) is 4.38. The van der Waals surface area contributed by atoms with Gasteiger partial charge in [0.15, 0.2) is 9.84 Å². The molecule has 2 N–H and O–H groups in total. The van der Waals surface area contributed by atoms with E-state index in [1.165, 1.54) is 0 Å². The van der Waals surface area contributed by atoms with Crippen LogP contribution in [0.25, 0.3) is 0 Å². The van der Waals surface area contributed by atoms with Gasteiger partial charge in [0.2, 0.25) is 0 Å². The van der Waals surface area contributed by atoms with Crippen LogP contribution in [0.2, 0.25) is 0 Å². The predicted octanol–water partition coefficient (Wildman–Crippen LogP) is -0.497. The van der Waals surface area contributed by atoms with Gasteiger partial charge in [-0.1, -0.05) is 6.92 Å². The fraction of sp³-hybridized carbons (Fsp3) is 0.875. The molecule has 1 aliphatic heterocycles. The van der Waals surface area contributed by atoms with Crippen molar-refractivity contribution in [2.24, 2.45) is 11.8 Å². The van der Waals surface area contributed by atoms with Crippen LogP contribution in [0.4, 0.5) is 0 Å². The van der Waals surface area contributed by atoms with Crippen molar-refractivity contribution >= 4 is 15.8 Å². The maximum absolute atomic E-state index is 11.1. The van der Waals surface area contributed by atoms with E-state index < -0.39 is 33.7 Å². The zero-order valence-corrected chi connectivity index (χ0v) is 8.70. The minimum atomic E-state index is -3.25. The molecule has 1 heterocycles. The summed E-state index contributed by atoms with van der Waals surface area (Å²) >= 11 is 0. The summed E-state index contributed by atoms with van der Waals surface area (Å²) in [4.78, 5) is 10.8. The molecule has 0 bridgehead atoms. The van der Waals surface area contributed by atoms with E-state index in [1.807, 2.05) is 0 Å².